The minimum Gasteiger partial charge on any atom is -0.352 e. The molecule has 0 bridgehead atoms. The molecular formula is C11H21BrO2. The van der Waals surface area contributed by atoms with Crippen LogP contribution in [0.5, 0.6) is 0 Å². The number of halogens is 1. The van der Waals surface area contributed by atoms with E-state index in [9.17, 15) is 0 Å². The zero-order chi connectivity index (χ0) is 10.8. The van der Waals surface area contributed by atoms with Gasteiger partial charge in [0, 0.05) is 6.61 Å². The minimum absolute atomic E-state index is 0.114. The molecule has 0 aromatic carbocycles. The standard InChI is InChI=1S/C11H21BrO2/c1-4-5-7-13-11(9-12)14-8-6-10(2)3/h6,11H,4-5,7-9H2,1-3H3. The smallest absolute Gasteiger partial charge is 0.167 e. The lowest BCUT2D eigenvalue weighted by Crippen LogP contribution is -2.19. The summed E-state index contributed by atoms with van der Waals surface area (Å²) in [5.41, 5.74) is 1.27. The predicted molar refractivity (Wildman–Crippen MR) is 63.8 cm³/mol. The maximum atomic E-state index is 5.52. The van der Waals surface area contributed by atoms with Gasteiger partial charge >= 0.3 is 0 Å². The Balaban J connectivity index is 3.52. The second-order valence-corrected chi connectivity index (χ2v) is 4.07. The molecule has 0 fully saturated rings. The van der Waals surface area contributed by atoms with Crippen LogP contribution < -0.4 is 0 Å². The van der Waals surface area contributed by atoms with Crippen LogP contribution in [0.15, 0.2) is 11.6 Å². The van der Waals surface area contributed by atoms with E-state index in [2.05, 4.69) is 42.8 Å². The van der Waals surface area contributed by atoms with Crippen molar-refractivity contribution in [1.82, 2.24) is 0 Å². The van der Waals surface area contributed by atoms with Crippen molar-refractivity contribution in [2.45, 2.75) is 39.9 Å². The predicted octanol–water partition coefficient (Wildman–Crippen LogP) is 3.51. The summed E-state index contributed by atoms with van der Waals surface area (Å²) in [6.07, 6.45) is 4.19. The molecule has 1 atom stereocenters. The Kier molecular flexibility index (Phi) is 9.78. The van der Waals surface area contributed by atoms with Crippen molar-refractivity contribution >= 4 is 15.9 Å². The lowest BCUT2D eigenvalue weighted by atomic mass is 10.3. The molecule has 0 aliphatic rings. The van der Waals surface area contributed by atoms with Crippen LogP contribution in [0, 0.1) is 0 Å². The summed E-state index contributed by atoms with van der Waals surface area (Å²) >= 11 is 3.36. The van der Waals surface area contributed by atoms with Gasteiger partial charge in [-0.2, -0.15) is 0 Å². The zero-order valence-electron chi connectivity index (χ0n) is 9.38. The third-order valence-electron chi connectivity index (χ3n) is 1.70. The molecule has 0 spiro atoms. The van der Waals surface area contributed by atoms with Crippen LogP contribution in [0.25, 0.3) is 0 Å². The number of rotatable bonds is 8. The molecule has 2 nitrogen and oxygen atoms in total. The van der Waals surface area contributed by atoms with Crippen molar-refractivity contribution in [2.75, 3.05) is 18.5 Å². The number of ether oxygens (including phenoxy) is 2. The minimum atomic E-state index is -0.114. The van der Waals surface area contributed by atoms with E-state index in [1.165, 1.54) is 5.57 Å². The normalized spacial score (nSPS) is 12.6. The Hall–Kier alpha value is 0.140. The van der Waals surface area contributed by atoms with E-state index < -0.39 is 0 Å². The van der Waals surface area contributed by atoms with Crippen molar-refractivity contribution in [3.05, 3.63) is 11.6 Å². The summed E-state index contributed by atoms with van der Waals surface area (Å²) in [6, 6.07) is 0. The molecule has 0 radical (unpaired) electrons. The van der Waals surface area contributed by atoms with Gasteiger partial charge in [-0.05, 0) is 20.3 Å². The van der Waals surface area contributed by atoms with Gasteiger partial charge in [0.15, 0.2) is 6.29 Å². The van der Waals surface area contributed by atoms with Crippen molar-refractivity contribution in [3.8, 4) is 0 Å². The molecule has 0 saturated carbocycles. The average Bonchev–Trinajstić information content (AvgIpc) is 2.15. The van der Waals surface area contributed by atoms with Gasteiger partial charge < -0.3 is 9.47 Å². The van der Waals surface area contributed by atoms with Gasteiger partial charge in [0.2, 0.25) is 0 Å². The average molecular weight is 265 g/mol. The first-order valence-electron chi connectivity index (χ1n) is 5.13. The van der Waals surface area contributed by atoms with Gasteiger partial charge in [0.05, 0.1) is 11.9 Å². The van der Waals surface area contributed by atoms with Gasteiger partial charge in [0.25, 0.3) is 0 Å². The van der Waals surface area contributed by atoms with Crippen LogP contribution in [-0.4, -0.2) is 24.8 Å². The summed E-state index contributed by atoms with van der Waals surface area (Å²) in [7, 11) is 0. The highest BCUT2D eigenvalue weighted by Crippen LogP contribution is 2.02. The van der Waals surface area contributed by atoms with Crippen molar-refractivity contribution in [1.29, 1.82) is 0 Å². The quantitative estimate of drug-likeness (QED) is 0.289. The lowest BCUT2D eigenvalue weighted by molar-refractivity contribution is -0.119. The first kappa shape index (κ1) is 14.1. The highest BCUT2D eigenvalue weighted by Gasteiger charge is 2.05. The number of hydrogen-bond donors (Lipinski definition) is 0. The van der Waals surface area contributed by atoms with Crippen LogP contribution >= 0.6 is 15.9 Å². The molecule has 0 aromatic rings. The molecule has 0 heterocycles. The van der Waals surface area contributed by atoms with Gasteiger partial charge in [-0.3, -0.25) is 0 Å². The Morgan fingerprint density at radius 2 is 2.07 bits per heavy atom. The lowest BCUT2D eigenvalue weighted by Gasteiger charge is -2.14. The number of hydrogen-bond acceptors (Lipinski definition) is 2. The first-order valence-corrected chi connectivity index (χ1v) is 6.25. The molecule has 0 rings (SSSR count). The second-order valence-electron chi connectivity index (χ2n) is 3.42. The molecule has 1 unspecified atom stereocenters. The van der Waals surface area contributed by atoms with Crippen molar-refractivity contribution in [2.24, 2.45) is 0 Å². The van der Waals surface area contributed by atoms with Crippen molar-refractivity contribution in [3.63, 3.8) is 0 Å². The summed E-state index contributed by atoms with van der Waals surface area (Å²) in [6.45, 7) is 7.68. The third-order valence-corrected chi connectivity index (χ3v) is 2.23. The molecule has 84 valence electrons. The van der Waals surface area contributed by atoms with Gasteiger partial charge in [-0.25, -0.2) is 0 Å². The molecule has 0 aliphatic heterocycles. The summed E-state index contributed by atoms with van der Waals surface area (Å²) in [5.74, 6) is 0. The summed E-state index contributed by atoms with van der Waals surface area (Å²) in [5, 5.41) is 0.729. The Labute approximate surface area is 95.8 Å². The highest BCUT2D eigenvalue weighted by molar-refractivity contribution is 9.09. The maximum absolute atomic E-state index is 5.52. The summed E-state index contributed by atoms with van der Waals surface area (Å²) in [4.78, 5) is 0. The Morgan fingerprint density at radius 3 is 2.57 bits per heavy atom. The van der Waals surface area contributed by atoms with Gasteiger partial charge in [0.1, 0.15) is 0 Å². The molecule has 0 saturated heterocycles. The van der Waals surface area contributed by atoms with Crippen molar-refractivity contribution < 1.29 is 9.47 Å². The van der Waals surface area contributed by atoms with E-state index in [4.69, 9.17) is 9.47 Å². The van der Waals surface area contributed by atoms with Crippen LogP contribution in [0.4, 0.5) is 0 Å². The molecule has 0 amide bonds. The first-order chi connectivity index (χ1) is 6.70. The number of allylic oxidation sites excluding steroid dienone is 1. The monoisotopic (exact) mass is 264 g/mol. The Morgan fingerprint density at radius 1 is 1.36 bits per heavy atom. The van der Waals surface area contributed by atoms with E-state index >= 15 is 0 Å². The highest BCUT2D eigenvalue weighted by atomic mass is 79.9. The zero-order valence-corrected chi connectivity index (χ0v) is 11.0. The fraction of sp³-hybridized carbons (Fsp3) is 0.818. The van der Waals surface area contributed by atoms with Gasteiger partial charge in [-0.15, -0.1) is 0 Å². The van der Waals surface area contributed by atoms with Crippen LogP contribution in [0.1, 0.15) is 33.6 Å². The fourth-order valence-corrected chi connectivity index (χ4v) is 1.19. The Bertz CT molecular complexity index is 153. The molecule has 14 heavy (non-hydrogen) atoms. The van der Waals surface area contributed by atoms with E-state index in [0.717, 1.165) is 24.8 Å². The van der Waals surface area contributed by atoms with Crippen LogP contribution in [0.3, 0.4) is 0 Å². The molecule has 3 heteroatoms. The molecular weight excluding hydrogens is 244 g/mol. The van der Waals surface area contributed by atoms with Crippen LogP contribution in [-0.2, 0) is 9.47 Å². The number of alkyl halides is 1. The number of unbranched alkanes of at least 4 members (excludes halogenated alkanes) is 1. The van der Waals surface area contributed by atoms with E-state index in [-0.39, 0.29) is 6.29 Å². The third kappa shape index (κ3) is 8.73. The molecule has 0 aromatic heterocycles. The fourth-order valence-electron chi connectivity index (χ4n) is 0.818. The topological polar surface area (TPSA) is 18.5 Å². The molecule has 0 N–H and O–H groups in total. The van der Waals surface area contributed by atoms with E-state index in [1.54, 1.807) is 0 Å². The van der Waals surface area contributed by atoms with E-state index in [1.807, 2.05) is 0 Å². The SMILES string of the molecule is CCCCOC(CBr)OCC=C(C)C. The maximum Gasteiger partial charge on any atom is 0.167 e. The largest absolute Gasteiger partial charge is 0.352 e. The summed E-state index contributed by atoms with van der Waals surface area (Å²) < 4.78 is 11.0. The van der Waals surface area contributed by atoms with E-state index in [0.29, 0.717) is 6.61 Å². The van der Waals surface area contributed by atoms with Gasteiger partial charge in [-0.1, -0.05) is 40.9 Å². The molecule has 0 aliphatic carbocycles. The van der Waals surface area contributed by atoms with Crippen LogP contribution in [0.2, 0.25) is 0 Å². The second kappa shape index (κ2) is 9.69.